The fraction of sp³-hybridized carbons (Fsp3) is 0.471. The maximum atomic E-state index is 14.2. The molecule has 3 rings (SSSR count). The standard InChI is InChI=1S/C17H17F3N2O4S/c1-2-11-26-27(24,25)22-14-6-4-3-5-13(14)21-15(23)16(22,17(18,19)20)10-9-12-7-8-12/h3-6,12H,2,7-8,11H2,1H3,(H,21,23). The molecule has 1 fully saturated rings. The maximum Gasteiger partial charge on any atom is 0.433 e. The number of anilines is 2. The van der Waals surface area contributed by atoms with Crippen LogP contribution in [0.2, 0.25) is 0 Å². The van der Waals surface area contributed by atoms with E-state index in [9.17, 15) is 26.4 Å². The van der Waals surface area contributed by atoms with Crippen LogP contribution in [-0.4, -0.2) is 32.6 Å². The fourth-order valence-corrected chi connectivity index (χ4v) is 4.08. The number of fused-ring (bicyclic) bond motifs is 1. The number of benzene rings is 1. The van der Waals surface area contributed by atoms with Crippen LogP contribution in [0.15, 0.2) is 24.3 Å². The molecule has 27 heavy (non-hydrogen) atoms. The van der Waals surface area contributed by atoms with Crippen LogP contribution in [0.3, 0.4) is 0 Å². The largest absolute Gasteiger partial charge is 0.433 e. The highest BCUT2D eigenvalue weighted by atomic mass is 32.2. The molecule has 1 saturated carbocycles. The Morgan fingerprint density at radius 1 is 1.33 bits per heavy atom. The van der Waals surface area contributed by atoms with E-state index in [0.29, 0.717) is 12.8 Å². The molecule has 1 amide bonds. The average molecular weight is 402 g/mol. The van der Waals surface area contributed by atoms with Gasteiger partial charge >= 0.3 is 16.5 Å². The van der Waals surface area contributed by atoms with Gasteiger partial charge < -0.3 is 5.32 Å². The van der Waals surface area contributed by atoms with Crippen LogP contribution in [0.1, 0.15) is 26.2 Å². The van der Waals surface area contributed by atoms with Crippen LogP contribution in [0, 0.1) is 17.8 Å². The molecule has 0 radical (unpaired) electrons. The van der Waals surface area contributed by atoms with E-state index in [-0.39, 0.29) is 34.6 Å². The van der Waals surface area contributed by atoms with Crippen LogP contribution >= 0.6 is 0 Å². The first kappa shape index (κ1) is 19.5. The molecule has 10 heteroatoms. The van der Waals surface area contributed by atoms with Gasteiger partial charge in [0.05, 0.1) is 18.0 Å². The van der Waals surface area contributed by atoms with Gasteiger partial charge in [-0.1, -0.05) is 30.9 Å². The lowest BCUT2D eigenvalue weighted by Crippen LogP contribution is -2.69. The summed E-state index contributed by atoms with van der Waals surface area (Å²) >= 11 is 0. The van der Waals surface area contributed by atoms with Crippen LogP contribution in [0.4, 0.5) is 24.5 Å². The van der Waals surface area contributed by atoms with Crippen molar-refractivity contribution >= 4 is 27.6 Å². The molecular weight excluding hydrogens is 385 g/mol. The molecule has 0 saturated heterocycles. The number of carbonyl (C=O) groups excluding carboxylic acids is 1. The van der Waals surface area contributed by atoms with Gasteiger partial charge in [0.15, 0.2) is 0 Å². The van der Waals surface area contributed by atoms with E-state index in [0.717, 1.165) is 0 Å². The second-order valence-corrected chi connectivity index (χ2v) is 7.72. The van der Waals surface area contributed by atoms with Gasteiger partial charge in [0.1, 0.15) is 0 Å². The third-order valence-corrected chi connectivity index (χ3v) is 5.49. The molecule has 2 aliphatic rings. The van der Waals surface area contributed by atoms with Crippen LogP contribution < -0.4 is 9.62 Å². The number of nitrogens with one attached hydrogen (secondary N) is 1. The van der Waals surface area contributed by atoms with Crippen molar-refractivity contribution in [2.45, 2.75) is 37.9 Å². The quantitative estimate of drug-likeness (QED) is 0.786. The molecule has 0 bridgehead atoms. The highest BCUT2D eigenvalue weighted by molar-refractivity contribution is 7.88. The van der Waals surface area contributed by atoms with Crippen molar-refractivity contribution in [3.05, 3.63) is 24.3 Å². The molecule has 1 aliphatic carbocycles. The summed E-state index contributed by atoms with van der Waals surface area (Å²) in [4.78, 5) is 12.6. The normalized spacial score (nSPS) is 22.5. The van der Waals surface area contributed by atoms with E-state index in [1.54, 1.807) is 6.92 Å². The fourth-order valence-electron chi connectivity index (χ4n) is 2.63. The topological polar surface area (TPSA) is 75.7 Å². The second kappa shape index (κ2) is 6.73. The van der Waals surface area contributed by atoms with Crippen LogP contribution in [-0.2, 0) is 19.3 Å². The Morgan fingerprint density at radius 3 is 2.59 bits per heavy atom. The average Bonchev–Trinajstić information content (AvgIpc) is 3.41. The van der Waals surface area contributed by atoms with Gasteiger partial charge in [-0.15, -0.1) is 0 Å². The van der Waals surface area contributed by atoms with Crippen LogP contribution in [0.5, 0.6) is 0 Å². The summed E-state index contributed by atoms with van der Waals surface area (Å²) in [5, 5.41) is 2.14. The third kappa shape index (κ3) is 3.37. The smallest absolute Gasteiger partial charge is 0.321 e. The molecule has 1 N–H and O–H groups in total. The minimum absolute atomic E-state index is 0.0286. The van der Waals surface area contributed by atoms with Crippen molar-refractivity contribution in [3.8, 4) is 11.8 Å². The molecular formula is C17H17F3N2O4S. The maximum absolute atomic E-state index is 14.2. The summed E-state index contributed by atoms with van der Waals surface area (Å²) in [5.74, 6) is 2.48. The number of rotatable bonds is 4. The summed E-state index contributed by atoms with van der Waals surface area (Å²) in [6, 6.07) is 5.31. The molecule has 0 spiro atoms. The van der Waals surface area contributed by atoms with Crippen molar-refractivity contribution < 1.29 is 30.6 Å². The zero-order chi connectivity index (χ0) is 19.9. The Balaban J connectivity index is 2.28. The highest BCUT2D eigenvalue weighted by Gasteiger charge is 2.69. The first-order valence-electron chi connectivity index (χ1n) is 8.33. The molecule has 146 valence electrons. The zero-order valence-electron chi connectivity index (χ0n) is 14.3. The monoisotopic (exact) mass is 402 g/mol. The van der Waals surface area contributed by atoms with Gasteiger partial charge in [-0.05, 0) is 31.4 Å². The summed E-state index contributed by atoms with van der Waals surface area (Å²) in [7, 11) is -4.96. The van der Waals surface area contributed by atoms with E-state index in [1.807, 2.05) is 5.92 Å². The molecule has 6 nitrogen and oxygen atoms in total. The lowest BCUT2D eigenvalue weighted by molar-refractivity contribution is -0.174. The molecule has 1 aliphatic heterocycles. The Hall–Kier alpha value is -2.25. The van der Waals surface area contributed by atoms with Gasteiger partial charge in [0.25, 0.3) is 11.4 Å². The zero-order valence-corrected chi connectivity index (χ0v) is 15.2. The summed E-state index contributed by atoms with van der Waals surface area (Å²) in [5.41, 5.74) is -4.02. The van der Waals surface area contributed by atoms with E-state index >= 15 is 0 Å². The highest BCUT2D eigenvalue weighted by Crippen LogP contribution is 2.47. The summed E-state index contributed by atoms with van der Waals surface area (Å²) in [6.07, 6.45) is -3.82. The van der Waals surface area contributed by atoms with Gasteiger partial charge in [0.2, 0.25) is 0 Å². The van der Waals surface area contributed by atoms with E-state index in [2.05, 4.69) is 11.2 Å². The van der Waals surface area contributed by atoms with Crippen molar-refractivity contribution in [2.75, 3.05) is 16.2 Å². The van der Waals surface area contributed by atoms with E-state index in [4.69, 9.17) is 4.18 Å². The molecule has 1 heterocycles. The number of para-hydroxylation sites is 2. The van der Waals surface area contributed by atoms with Crippen LogP contribution in [0.25, 0.3) is 0 Å². The molecule has 1 unspecified atom stereocenters. The van der Waals surface area contributed by atoms with Crippen molar-refractivity contribution in [1.29, 1.82) is 0 Å². The lowest BCUT2D eigenvalue weighted by atomic mass is 9.94. The SMILES string of the molecule is CCCOS(=O)(=O)N1c2ccccc2NC(=O)C1(C#CC1CC1)C(F)(F)F. The van der Waals surface area contributed by atoms with Crippen molar-refractivity contribution in [2.24, 2.45) is 5.92 Å². The Kier molecular flexibility index (Phi) is 4.86. The van der Waals surface area contributed by atoms with Gasteiger partial charge in [-0.2, -0.15) is 21.6 Å². The Labute approximate surface area is 154 Å². The minimum Gasteiger partial charge on any atom is -0.321 e. The van der Waals surface area contributed by atoms with Gasteiger partial charge in [-0.3, -0.25) is 8.98 Å². The minimum atomic E-state index is -5.30. The van der Waals surface area contributed by atoms with E-state index < -0.39 is 27.9 Å². The molecule has 1 aromatic rings. The third-order valence-electron chi connectivity index (χ3n) is 4.11. The van der Waals surface area contributed by atoms with E-state index in [1.165, 1.54) is 24.3 Å². The number of hydrogen-bond donors (Lipinski definition) is 1. The predicted molar refractivity (Wildman–Crippen MR) is 92.0 cm³/mol. The van der Waals surface area contributed by atoms with Crippen molar-refractivity contribution in [1.82, 2.24) is 0 Å². The number of nitrogens with zero attached hydrogens (tertiary/aromatic N) is 1. The first-order chi connectivity index (χ1) is 12.6. The molecule has 1 aromatic carbocycles. The van der Waals surface area contributed by atoms with Crippen molar-refractivity contribution in [3.63, 3.8) is 0 Å². The lowest BCUT2D eigenvalue weighted by Gasteiger charge is -2.43. The first-order valence-corrected chi connectivity index (χ1v) is 9.69. The molecule has 1 atom stereocenters. The number of amides is 1. The Morgan fingerprint density at radius 2 is 2.00 bits per heavy atom. The number of hydrogen-bond acceptors (Lipinski definition) is 4. The number of halogens is 3. The summed E-state index contributed by atoms with van der Waals surface area (Å²) < 4.78 is 72.7. The second-order valence-electron chi connectivity index (χ2n) is 6.27. The predicted octanol–water partition coefficient (Wildman–Crippen LogP) is 2.83. The Bertz CT molecular complexity index is 916. The number of carbonyl (C=O) groups is 1. The summed E-state index contributed by atoms with van der Waals surface area (Å²) in [6.45, 7) is 1.28. The number of alkyl halides is 3. The van der Waals surface area contributed by atoms with Gasteiger partial charge in [0, 0.05) is 5.92 Å². The van der Waals surface area contributed by atoms with Gasteiger partial charge in [-0.25, -0.2) is 4.31 Å². The molecule has 0 aromatic heterocycles.